The Morgan fingerprint density at radius 2 is 2.08 bits per heavy atom. The van der Waals surface area contributed by atoms with Gasteiger partial charge in [0.25, 0.3) is 0 Å². The summed E-state index contributed by atoms with van der Waals surface area (Å²) in [6.45, 7) is 5.98. The van der Waals surface area contributed by atoms with Gasteiger partial charge in [-0.2, -0.15) is 0 Å². The minimum absolute atomic E-state index is 0.279. The third-order valence-corrected chi connectivity index (χ3v) is 2.71. The fourth-order valence-corrected chi connectivity index (χ4v) is 1.68. The first-order valence-electron chi connectivity index (χ1n) is 5.22. The summed E-state index contributed by atoms with van der Waals surface area (Å²) >= 11 is 0. The predicted octanol–water partition coefficient (Wildman–Crippen LogP) is 1.53. The zero-order valence-electron chi connectivity index (χ0n) is 8.93. The largest absolute Gasteiger partial charge is 0.347 e. The molecule has 13 heavy (non-hydrogen) atoms. The molecule has 1 saturated heterocycles. The van der Waals surface area contributed by atoms with Crippen molar-refractivity contribution in [3.8, 4) is 0 Å². The number of rotatable bonds is 5. The minimum atomic E-state index is -0.279. The molecule has 0 aliphatic carbocycles. The van der Waals surface area contributed by atoms with Crippen LogP contribution in [0.5, 0.6) is 0 Å². The van der Waals surface area contributed by atoms with Gasteiger partial charge >= 0.3 is 0 Å². The van der Waals surface area contributed by atoms with Gasteiger partial charge in [0.1, 0.15) is 0 Å². The molecule has 0 aromatic rings. The van der Waals surface area contributed by atoms with Gasteiger partial charge < -0.3 is 14.8 Å². The maximum Gasteiger partial charge on any atom is 0.168 e. The lowest BCUT2D eigenvalue weighted by Crippen LogP contribution is -2.29. The van der Waals surface area contributed by atoms with Gasteiger partial charge in [-0.3, -0.25) is 0 Å². The van der Waals surface area contributed by atoms with Crippen LogP contribution in [0, 0.1) is 0 Å². The van der Waals surface area contributed by atoms with Crippen LogP contribution in [0.2, 0.25) is 0 Å². The lowest BCUT2D eigenvalue weighted by atomic mass is 10.1. The summed E-state index contributed by atoms with van der Waals surface area (Å²) in [5, 5.41) is 3.12. The topological polar surface area (TPSA) is 30.5 Å². The van der Waals surface area contributed by atoms with E-state index in [2.05, 4.69) is 19.2 Å². The summed E-state index contributed by atoms with van der Waals surface area (Å²) < 4.78 is 11.6. The highest BCUT2D eigenvalue weighted by molar-refractivity contribution is 4.76. The third kappa shape index (κ3) is 2.66. The molecule has 1 rings (SSSR count). The lowest BCUT2D eigenvalue weighted by Gasteiger charge is -2.24. The van der Waals surface area contributed by atoms with Gasteiger partial charge in [-0.1, -0.05) is 13.8 Å². The summed E-state index contributed by atoms with van der Waals surface area (Å²) in [5.74, 6) is -0.279. The highest BCUT2D eigenvalue weighted by Gasteiger charge is 2.37. The van der Waals surface area contributed by atoms with Crippen LogP contribution in [0.25, 0.3) is 0 Å². The molecule has 1 fully saturated rings. The van der Waals surface area contributed by atoms with Gasteiger partial charge in [-0.25, -0.2) is 0 Å². The van der Waals surface area contributed by atoms with Crippen molar-refractivity contribution in [2.45, 2.75) is 45.0 Å². The number of hydrogen-bond acceptors (Lipinski definition) is 3. The van der Waals surface area contributed by atoms with E-state index in [-0.39, 0.29) is 11.9 Å². The highest BCUT2D eigenvalue weighted by atomic mass is 16.7. The van der Waals surface area contributed by atoms with Gasteiger partial charge in [0, 0.05) is 0 Å². The van der Waals surface area contributed by atoms with Crippen LogP contribution in [0.4, 0.5) is 0 Å². The van der Waals surface area contributed by atoms with E-state index < -0.39 is 0 Å². The van der Waals surface area contributed by atoms with Crippen molar-refractivity contribution in [1.82, 2.24) is 5.32 Å². The SMILES string of the molecule is CCC1(CC)OCC(CCNC)O1. The zero-order valence-corrected chi connectivity index (χ0v) is 8.93. The van der Waals surface area contributed by atoms with E-state index in [1.807, 2.05) is 7.05 Å². The summed E-state index contributed by atoms with van der Waals surface area (Å²) in [7, 11) is 1.96. The third-order valence-electron chi connectivity index (χ3n) is 2.71. The highest BCUT2D eigenvalue weighted by Crippen LogP contribution is 2.30. The summed E-state index contributed by atoms with van der Waals surface area (Å²) in [6.07, 6.45) is 3.21. The maximum atomic E-state index is 5.89. The second-order valence-corrected chi connectivity index (χ2v) is 3.56. The standard InChI is InChI=1S/C10H21NO2/c1-4-10(5-2)12-8-9(13-10)6-7-11-3/h9,11H,4-8H2,1-3H3. The second kappa shape index (κ2) is 4.94. The molecule has 3 nitrogen and oxygen atoms in total. The molecule has 78 valence electrons. The van der Waals surface area contributed by atoms with E-state index in [1.165, 1.54) is 0 Å². The van der Waals surface area contributed by atoms with Gasteiger partial charge in [-0.05, 0) is 32.9 Å². The molecule has 0 spiro atoms. The van der Waals surface area contributed by atoms with E-state index in [9.17, 15) is 0 Å². The fraction of sp³-hybridized carbons (Fsp3) is 1.00. The predicted molar refractivity (Wildman–Crippen MR) is 52.7 cm³/mol. The molecule has 0 aromatic carbocycles. The normalized spacial score (nSPS) is 26.5. The first-order valence-corrected chi connectivity index (χ1v) is 5.22. The second-order valence-electron chi connectivity index (χ2n) is 3.56. The molecule has 1 unspecified atom stereocenters. The van der Waals surface area contributed by atoms with Crippen LogP contribution in [-0.2, 0) is 9.47 Å². The average Bonchev–Trinajstić information content (AvgIpc) is 2.59. The Balaban J connectivity index is 2.33. The maximum absolute atomic E-state index is 5.89. The first-order chi connectivity index (χ1) is 6.26. The Labute approximate surface area is 80.8 Å². The van der Waals surface area contributed by atoms with Crippen LogP contribution in [0.15, 0.2) is 0 Å². The van der Waals surface area contributed by atoms with E-state index in [0.717, 1.165) is 32.4 Å². The molecular weight excluding hydrogens is 166 g/mol. The van der Waals surface area contributed by atoms with E-state index >= 15 is 0 Å². The molecule has 1 aliphatic heterocycles. The summed E-state index contributed by atoms with van der Waals surface area (Å²) in [6, 6.07) is 0. The Morgan fingerprint density at radius 1 is 1.38 bits per heavy atom. The Hall–Kier alpha value is -0.120. The summed E-state index contributed by atoms with van der Waals surface area (Å²) in [4.78, 5) is 0. The van der Waals surface area contributed by atoms with E-state index in [0.29, 0.717) is 0 Å². The number of ether oxygens (including phenoxy) is 2. The van der Waals surface area contributed by atoms with Crippen molar-refractivity contribution in [3.63, 3.8) is 0 Å². The van der Waals surface area contributed by atoms with Crippen molar-refractivity contribution in [2.24, 2.45) is 0 Å². The van der Waals surface area contributed by atoms with Gasteiger partial charge in [0.15, 0.2) is 5.79 Å². The number of nitrogens with one attached hydrogen (secondary N) is 1. The molecule has 0 radical (unpaired) electrons. The minimum Gasteiger partial charge on any atom is -0.347 e. The van der Waals surface area contributed by atoms with Gasteiger partial charge in [0.05, 0.1) is 12.7 Å². The molecule has 3 heteroatoms. The average molecular weight is 187 g/mol. The molecule has 0 amide bonds. The van der Waals surface area contributed by atoms with Gasteiger partial charge in [-0.15, -0.1) is 0 Å². The Morgan fingerprint density at radius 3 is 2.54 bits per heavy atom. The molecule has 1 N–H and O–H groups in total. The first kappa shape index (κ1) is 11.0. The molecule has 0 aromatic heterocycles. The molecular formula is C10H21NO2. The monoisotopic (exact) mass is 187 g/mol. The summed E-state index contributed by atoms with van der Waals surface area (Å²) in [5.41, 5.74) is 0. The van der Waals surface area contributed by atoms with Crippen LogP contribution in [0.1, 0.15) is 33.1 Å². The number of hydrogen-bond donors (Lipinski definition) is 1. The van der Waals surface area contributed by atoms with Crippen LogP contribution in [-0.4, -0.2) is 32.1 Å². The van der Waals surface area contributed by atoms with E-state index in [1.54, 1.807) is 0 Å². The zero-order chi connectivity index (χ0) is 9.73. The van der Waals surface area contributed by atoms with Crippen LogP contribution >= 0.6 is 0 Å². The van der Waals surface area contributed by atoms with Crippen molar-refractivity contribution in [1.29, 1.82) is 0 Å². The van der Waals surface area contributed by atoms with Crippen molar-refractivity contribution >= 4 is 0 Å². The molecule has 0 bridgehead atoms. The molecule has 1 heterocycles. The van der Waals surface area contributed by atoms with E-state index in [4.69, 9.17) is 9.47 Å². The molecule has 1 atom stereocenters. The van der Waals surface area contributed by atoms with Crippen molar-refractivity contribution in [2.75, 3.05) is 20.2 Å². The molecule has 0 saturated carbocycles. The quantitative estimate of drug-likeness (QED) is 0.708. The van der Waals surface area contributed by atoms with Crippen LogP contribution < -0.4 is 5.32 Å². The molecule has 1 aliphatic rings. The Bertz CT molecular complexity index is 146. The van der Waals surface area contributed by atoms with Crippen molar-refractivity contribution in [3.05, 3.63) is 0 Å². The Kier molecular flexibility index (Phi) is 4.16. The smallest absolute Gasteiger partial charge is 0.168 e. The lowest BCUT2D eigenvalue weighted by molar-refractivity contribution is -0.172. The fourth-order valence-electron chi connectivity index (χ4n) is 1.68. The van der Waals surface area contributed by atoms with Gasteiger partial charge in [0.2, 0.25) is 0 Å². The van der Waals surface area contributed by atoms with Crippen molar-refractivity contribution < 1.29 is 9.47 Å². The van der Waals surface area contributed by atoms with Crippen LogP contribution in [0.3, 0.4) is 0 Å².